The van der Waals surface area contributed by atoms with Crippen LogP contribution >= 0.6 is 11.8 Å². The molecule has 2 saturated heterocycles. The van der Waals surface area contributed by atoms with E-state index in [2.05, 4.69) is 4.90 Å². The summed E-state index contributed by atoms with van der Waals surface area (Å²) in [4.78, 5) is 29.2. The number of methoxy groups -OCH3 is 1. The maximum Gasteiger partial charge on any atom is 0.337 e. The van der Waals surface area contributed by atoms with E-state index in [9.17, 15) is 9.59 Å². The largest absolute Gasteiger partial charge is 0.465 e. The number of esters is 1. The van der Waals surface area contributed by atoms with Crippen molar-refractivity contribution in [3.8, 4) is 0 Å². The van der Waals surface area contributed by atoms with Crippen molar-refractivity contribution in [3.05, 3.63) is 35.4 Å². The van der Waals surface area contributed by atoms with Crippen LogP contribution in [0.1, 0.15) is 40.0 Å². The van der Waals surface area contributed by atoms with Crippen molar-refractivity contribution < 1.29 is 14.3 Å². The Kier molecular flexibility index (Phi) is 6.37. The second-order valence-electron chi connectivity index (χ2n) is 6.66. The number of nitrogens with zero attached hydrogens (tertiary/aromatic N) is 2. The number of rotatable bonds is 4. The topological polar surface area (TPSA) is 49.9 Å². The zero-order chi connectivity index (χ0) is 17.6. The molecule has 5 nitrogen and oxygen atoms in total. The van der Waals surface area contributed by atoms with Crippen LogP contribution in [0.3, 0.4) is 0 Å². The number of ether oxygens (including phenoxy) is 1. The third-order valence-electron chi connectivity index (χ3n) is 4.92. The zero-order valence-corrected chi connectivity index (χ0v) is 15.6. The molecule has 1 unspecified atom stereocenters. The van der Waals surface area contributed by atoms with Crippen LogP contribution in [-0.2, 0) is 4.74 Å². The Labute approximate surface area is 153 Å². The zero-order valence-electron chi connectivity index (χ0n) is 14.8. The molecule has 0 radical (unpaired) electrons. The van der Waals surface area contributed by atoms with Crippen molar-refractivity contribution in [3.63, 3.8) is 0 Å². The maximum absolute atomic E-state index is 13.1. The van der Waals surface area contributed by atoms with Crippen molar-refractivity contribution in [1.82, 2.24) is 9.80 Å². The molecule has 0 aliphatic carbocycles. The number of benzene rings is 1. The van der Waals surface area contributed by atoms with Crippen LogP contribution in [-0.4, -0.2) is 72.5 Å². The molecule has 2 heterocycles. The minimum atomic E-state index is -0.378. The number of hydrogen-bond acceptors (Lipinski definition) is 5. The van der Waals surface area contributed by atoms with Gasteiger partial charge in [-0.1, -0.05) is 0 Å². The first kappa shape index (κ1) is 18.3. The molecule has 136 valence electrons. The monoisotopic (exact) mass is 362 g/mol. The van der Waals surface area contributed by atoms with Gasteiger partial charge in [-0.3, -0.25) is 4.79 Å². The lowest BCUT2D eigenvalue weighted by Gasteiger charge is -2.32. The maximum atomic E-state index is 13.1. The predicted molar refractivity (Wildman–Crippen MR) is 100 cm³/mol. The highest BCUT2D eigenvalue weighted by atomic mass is 32.2. The van der Waals surface area contributed by atoms with Crippen LogP contribution in [0.2, 0.25) is 0 Å². The Hall–Kier alpha value is -1.53. The highest BCUT2D eigenvalue weighted by Crippen LogP contribution is 2.21. The summed E-state index contributed by atoms with van der Waals surface area (Å²) in [6, 6.07) is 7.07. The molecule has 6 heteroatoms. The third-order valence-corrected chi connectivity index (χ3v) is 6.12. The number of amides is 1. The third kappa shape index (κ3) is 4.55. The van der Waals surface area contributed by atoms with E-state index < -0.39 is 0 Å². The van der Waals surface area contributed by atoms with E-state index >= 15 is 0 Å². The van der Waals surface area contributed by atoms with E-state index in [1.807, 2.05) is 16.7 Å². The second-order valence-corrected chi connectivity index (χ2v) is 7.81. The van der Waals surface area contributed by atoms with Gasteiger partial charge in [0, 0.05) is 24.4 Å². The van der Waals surface area contributed by atoms with Crippen LogP contribution in [0.25, 0.3) is 0 Å². The minimum Gasteiger partial charge on any atom is -0.465 e. The molecular weight excluding hydrogens is 336 g/mol. The first-order chi connectivity index (χ1) is 12.2. The summed E-state index contributed by atoms with van der Waals surface area (Å²) in [6.45, 7) is 4.08. The minimum absolute atomic E-state index is 0.0723. The summed E-state index contributed by atoms with van der Waals surface area (Å²) in [5.74, 6) is 1.81. The average molecular weight is 362 g/mol. The van der Waals surface area contributed by atoms with Crippen LogP contribution in [0.4, 0.5) is 0 Å². The smallest absolute Gasteiger partial charge is 0.337 e. The van der Waals surface area contributed by atoms with Crippen molar-refractivity contribution >= 4 is 23.6 Å². The number of likely N-dealkylation sites (tertiary alicyclic amines) is 1. The van der Waals surface area contributed by atoms with Gasteiger partial charge in [0.05, 0.1) is 18.7 Å². The van der Waals surface area contributed by atoms with Crippen molar-refractivity contribution in [2.45, 2.75) is 25.3 Å². The highest BCUT2D eigenvalue weighted by Gasteiger charge is 2.29. The van der Waals surface area contributed by atoms with E-state index in [-0.39, 0.29) is 17.9 Å². The Balaban J connectivity index is 1.73. The quantitative estimate of drug-likeness (QED) is 0.771. The normalized spacial score (nSPS) is 21.8. The molecule has 2 aliphatic heterocycles. The fraction of sp³-hybridized carbons (Fsp3) is 0.579. The molecule has 0 spiro atoms. The van der Waals surface area contributed by atoms with Gasteiger partial charge in [0.25, 0.3) is 5.91 Å². The molecule has 0 bridgehead atoms. The SMILES string of the molecule is COC(=O)c1ccc(C(=O)N2CCCSCC2CN2CCCC2)cc1. The van der Waals surface area contributed by atoms with Crippen molar-refractivity contribution in [1.29, 1.82) is 0 Å². The molecular formula is C19H26N2O3S. The standard InChI is InChI=1S/C19H26N2O3S/c1-24-19(23)16-7-5-15(6-8-16)18(22)21-11-4-12-25-14-17(21)13-20-9-2-3-10-20/h5-8,17H,2-4,9-14H2,1H3. The Morgan fingerprint density at radius 1 is 1.08 bits per heavy atom. The summed E-state index contributed by atoms with van der Waals surface area (Å²) in [7, 11) is 1.36. The van der Waals surface area contributed by atoms with Gasteiger partial charge in [0.1, 0.15) is 0 Å². The molecule has 2 fully saturated rings. The first-order valence-electron chi connectivity index (χ1n) is 8.98. The molecule has 25 heavy (non-hydrogen) atoms. The lowest BCUT2D eigenvalue weighted by Crippen LogP contribution is -2.47. The Morgan fingerprint density at radius 3 is 2.44 bits per heavy atom. The van der Waals surface area contributed by atoms with Gasteiger partial charge in [-0.15, -0.1) is 0 Å². The summed E-state index contributed by atoms with van der Waals surface area (Å²) in [5.41, 5.74) is 1.12. The summed E-state index contributed by atoms with van der Waals surface area (Å²) >= 11 is 1.95. The molecule has 1 atom stereocenters. The molecule has 0 saturated carbocycles. The van der Waals surface area contributed by atoms with E-state index in [1.165, 1.54) is 20.0 Å². The van der Waals surface area contributed by atoms with Gasteiger partial charge in [0.15, 0.2) is 0 Å². The summed E-state index contributed by atoms with van der Waals surface area (Å²) in [5, 5.41) is 0. The number of carbonyl (C=O) groups excluding carboxylic acids is 2. The highest BCUT2D eigenvalue weighted by molar-refractivity contribution is 7.99. The molecule has 0 aromatic heterocycles. The van der Waals surface area contributed by atoms with Gasteiger partial charge in [-0.2, -0.15) is 11.8 Å². The van der Waals surface area contributed by atoms with E-state index in [1.54, 1.807) is 24.3 Å². The number of carbonyl (C=O) groups is 2. The van der Waals surface area contributed by atoms with E-state index in [0.29, 0.717) is 11.1 Å². The van der Waals surface area contributed by atoms with E-state index in [0.717, 1.165) is 44.1 Å². The first-order valence-corrected chi connectivity index (χ1v) is 10.1. The van der Waals surface area contributed by atoms with Gasteiger partial charge in [-0.05, 0) is 62.4 Å². The number of thioether (sulfide) groups is 1. The fourth-order valence-electron chi connectivity index (χ4n) is 3.54. The van der Waals surface area contributed by atoms with E-state index in [4.69, 9.17) is 4.74 Å². The van der Waals surface area contributed by atoms with Crippen LogP contribution in [0.5, 0.6) is 0 Å². The van der Waals surface area contributed by atoms with Gasteiger partial charge in [0.2, 0.25) is 0 Å². The molecule has 2 aliphatic rings. The second kappa shape index (κ2) is 8.72. The number of hydrogen-bond donors (Lipinski definition) is 0. The molecule has 1 aromatic carbocycles. The lowest BCUT2D eigenvalue weighted by atomic mass is 10.1. The predicted octanol–water partition coefficient (Wildman–Crippen LogP) is 2.52. The molecule has 3 rings (SSSR count). The van der Waals surface area contributed by atoms with Gasteiger partial charge in [-0.25, -0.2) is 4.79 Å². The van der Waals surface area contributed by atoms with Crippen LogP contribution in [0, 0.1) is 0 Å². The Bertz CT molecular complexity index is 599. The lowest BCUT2D eigenvalue weighted by molar-refractivity contribution is 0.0598. The van der Waals surface area contributed by atoms with Crippen LogP contribution in [0.15, 0.2) is 24.3 Å². The fourth-order valence-corrected chi connectivity index (χ4v) is 4.60. The average Bonchev–Trinajstić information content (AvgIpc) is 3.05. The van der Waals surface area contributed by atoms with Crippen molar-refractivity contribution in [2.75, 3.05) is 44.8 Å². The van der Waals surface area contributed by atoms with Crippen LogP contribution < -0.4 is 0 Å². The Morgan fingerprint density at radius 2 is 1.76 bits per heavy atom. The molecule has 1 amide bonds. The molecule has 0 N–H and O–H groups in total. The molecule has 1 aromatic rings. The van der Waals surface area contributed by atoms with Gasteiger partial charge >= 0.3 is 5.97 Å². The summed E-state index contributed by atoms with van der Waals surface area (Å²) in [6.07, 6.45) is 3.57. The van der Waals surface area contributed by atoms with Gasteiger partial charge < -0.3 is 14.5 Å². The van der Waals surface area contributed by atoms with Crippen molar-refractivity contribution in [2.24, 2.45) is 0 Å². The summed E-state index contributed by atoms with van der Waals surface area (Å²) < 4.78 is 4.72.